The van der Waals surface area contributed by atoms with Crippen molar-refractivity contribution in [1.82, 2.24) is 4.98 Å². The lowest BCUT2D eigenvalue weighted by atomic mass is 9.85. The van der Waals surface area contributed by atoms with Crippen molar-refractivity contribution in [2.45, 2.75) is 19.3 Å². The van der Waals surface area contributed by atoms with Crippen molar-refractivity contribution < 1.29 is 14.3 Å². The third-order valence-corrected chi connectivity index (χ3v) is 4.65. The molecule has 1 aromatic carbocycles. The minimum Gasteiger partial charge on any atom is -0.493 e. The molecule has 0 unspecified atom stereocenters. The van der Waals surface area contributed by atoms with Gasteiger partial charge in [0.25, 0.3) is 0 Å². The van der Waals surface area contributed by atoms with Crippen LogP contribution < -0.4 is 14.8 Å². The Bertz CT molecular complexity index is 680. The summed E-state index contributed by atoms with van der Waals surface area (Å²) in [6, 6.07) is 5.65. The number of hydrogen-bond acceptors (Lipinski definition) is 5. The Balaban J connectivity index is 1.76. The zero-order valence-corrected chi connectivity index (χ0v) is 13.4. The number of methoxy groups -OCH3 is 2. The quantitative estimate of drug-likeness (QED) is 0.915. The molecule has 1 amide bonds. The molecule has 6 heteroatoms. The lowest BCUT2D eigenvalue weighted by molar-refractivity contribution is -0.122. The molecule has 3 rings (SSSR count). The molecule has 0 atom stereocenters. The highest BCUT2D eigenvalue weighted by Crippen LogP contribution is 2.34. The molecule has 2 aromatic rings. The Morgan fingerprint density at radius 2 is 2.05 bits per heavy atom. The zero-order valence-electron chi connectivity index (χ0n) is 12.6. The first-order chi connectivity index (χ1) is 10.7. The molecule has 0 saturated heterocycles. The van der Waals surface area contributed by atoms with Crippen LogP contribution in [0.3, 0.4) is 0 Å². The molecule has 22 heavy (non-hydrogen) atoms. The lowest BCUT2D eigenvalue weighted by Gasteiger charge is -2.23. The van der Waals surface area contributed by atoms with Crippen LogP contribution in [0.15, 0.2) is 23.6 Å². The van der Waals surface area contributed by atoms with Crippen molar-refractivity contribution in [3.8, 4) is 22.8 Å². The topological polar surface area (TPSA) is 60.5 Å². The van der Waals surface area contributed by atoms with E-state index in [0.717, 1.165) is 30.5 Å². The third kappa shape index (κ3) is 2.92. The summed E-state index contributed by atoms with van der Waals surface area (Å²) in [6.07, 6.45) is 3.12. The van der Waals surface area contributed by atoms with E-state index < -0.39 is 0 Å². The van der Waals surface area contributed by atoms with Crippen molar-refractivity contribution in [3.63, 3.8) is 0 Å². The summed E-state index contributed by atoms with van der Waals surface area (Å²) >= 11 is 1.43. The summed E-state index contributed by atoms with van der Waals surface area (Å²) in [6.45, 7) is 0. The Morgan fingerprint density at radius 3 is 2.68 bits per heavy atom. The minimum absolute atomic E-state index is 0.0828. The molecule has 0 aliphatic heterocycles. The fourth-order valence-corrected chi connectivity index (χ4v) is 3.06. The first-order valence-electron chi connectivity index (χ1n) is 7.20. The van der Waals surface area contributed by atoms with Gasteiger partial charge in [-0.2, -0.15) is 0 Å². The third-order valence-electron chi connectivity index (χ3n) is 3.89. The summed E-state index contributed by atoms with van der Waals surface area (Å²) in [7, 11) is 3.21. The number of nitrogens with zero attached hydrogens (tertiary/aromatic N) is 1. The number of hydrogen-bond donors (Lipinski definition) is 1. The summed E-state index contributed by atoms with van der Waals surface area (Å²) in [4.78, 5) is 16.4. The second kappa shape index (κ2) is 6.36. The van der Waals surface area contributed by atoms with Gasteiger partial charge in [0.1, 0.15) is 0 Å². The van der Waals surface area contributed by atoms with E-state index >= 15 is 0 Å². The van der Waals surface area contributed by atoms with Crippen LogP contribution in [0.25, 0.3) is 11.3 Å². The van der Waals surface area contributed by atoms with E-state index in [1.165, 1.54) is 11.3 Å². The molecular weight excluding hydrogens is 300 g/mol. The maximum Gasteiger partial charge on any atom is 0.229 e. The highest BCUT2D eigenvalue weighted by atomic mass is 32.1. The van der Waals surface area contributed by atoms with Crippen LogP contribution in [0.2, 0.25) is 0 Å². The van der Waals surface area contributed by atoms with E-state index in [1.54, 1.807) is 14.2 Å². The molecule has 1 saturated carbocycles. The van der Waals surface area contributed by atoms with Crippen LogP contribution in [0.5, 0.6) is 11.5 Å². The molecule has 1 N–H and O–H groups in total. The van der Waals surface area contributed by atoms with Crippen LogP contribution in [-0.4, -0.2) is 25.1 Å². The van der Waals surface area contributed by atoms with E-state index in [4.69, 9.17) is 9.47 Å². The maximum atomic E-state index is 11.9. The molecule has 5 nitrogen and oxygen atoms in total. The van der Waals surface area contributed by atoms with Crippen molar-refractivity contribution in [2.24, 2.45) is 5.92 Å². The van der Waals surface area contributed by atoms with Crippen LogP contribution in [0, 0.1) is 5.92 Å². The average Bonchev–Trinajstić information content (AvgIpc) is 2.93. The molecule has 1 fully saturated rings. The number of thiazole rings is 1. The molecule has 0 radical (unpaired) electrons. The molecule has 116 valence electrons. The molecule has 1 heterocycles. The normalized spacial score (nSPS) is 14.3. The molecule has 0 bridgehead atoms. The molecular formula is C16H18N2O3S. The fourth-order valence-electron chi connectivity index (χ4n) is 2.34. The average molecular weight is 318 g/mol. The second-order valence-corrected chi connectivity index (χ2v) is 6.08. The Labute approximate surface area is 133 Å². The minimum atomic E-state index is 0.0828. The van der Waals surface area contributed by atoms with Crippen LogP contribution in [0.4, 0.5) is 5.13 Å². The van der Waals surface area contributed by atoms with Gasteiger partial charge in [0, 0.05) is 16.9 Å². The summed E-state index contributed by atoms with van der Waals surface area (Å²) < 4.78 is 10.5. The number of carbonyl (C=O) groups is 1. The van der Waals surface area contributed by atoms with Crippen molar-refractivity contribution >= 4 is 22.4 Å². The van der Waals surface area contributed by atoms with Gasteiger partial charge < -0.3 is 14.8 Å². The Hall–Kier alpha value is -2.08. The van der Waals surface area contributed by atoms with Gasteiger partial charge in [-0.3, -0.25) is 4.79 Å². The Morgan fingerprint density at radius 1 is 1.27 bits per heavy atom. The SMILES string of the molecule is COc1ccc(-c2csc(NC(=O)C3CCC3)n2)cc1OC. The Kier molecular flexibility index (Phi) is 4.29. The number of anilines is 1. The molecule has 0 spiro atoms. The van der Waals surface area contributed by atoms with Gasteiger partial charge in [-0.05, 0) is 31.0 Å². The maximum absolute atomic E-state index is 11.9. The number of nitrogens with one attached hydrogen (secondary N) is 1. The number of ether oxygens (including phenoxy) is 2. The fraction of sp³-hybridized carbons (Fsp3) is 0.375. The van der Waals surface area contributed by atoms with Gasteiger partial charge in [-0.15, -0.1) is 11.3 Å². The molecule has 1 aromatic heterocycles. The number of rotatable bonds is 5. The summed E-state index contributed by atoms with van der Waals surface area (Å²) in [5, 5.41) is 5.47. The van der Waals surface area contributed by atoms with E-state index in [0.29, 0.717) is 16.6 Å². The number of benzene rings is 1. The van der Waals surface area contributed by atoms with Gasteiger partial charge in [0.05, 0.1) is 19.9 Å². The number of aromatic nitrogens is 1. The van der Waals surface area contributed by atoms with Gasteiger partial charge >= 0.3 is 0 Å². The van der Waals surface area contributed by atoms with Crippen LogP contribution in [-0.2, 0) is 4.79 Å². The van der Waals surface area contributed by atoms with Gasteiger partial charge in [-0.1, -0.05) is 6.42 Å². The first-order valence-corrected chi connectivity index (χ1v) is 8.08. The number of amides is 1. The second-order valence-electron chi connectivity index (χ2n) is 5.22. The summed E-state index contributed by atoms with van der Waals surface area (Å²) in [5.41, 5.74) is 1.74. The lowest BCUT2D eigenvalue weighted by Crippen LogP contribution is -2.27. The largest absolute Gasteiger partial charge is 0.493 e. The van der Waals surface area contributed by atoms with E-state index in [2.05, 4.69) is 10.3 Å². The predicted octanol–water partition coefficient (Wildman–Crippen LogP) is 3.57. The first kappa shape index (κ1) is 14.8. The summed E-state index contributed by atoms with van der Waals surface area (Å²) in [5.74, 6) is 1.58. The van der Waals surface area contributed by atoms with E-state index in [1.807, 2.05) is 23.6 Å². The standard InChI is InChI=1S/C16H18N2O3S/c1-20-13-7-6-11(8-14(13)21-2)12-9-22-16(17-12)18-15(19)10-4-3-5-10/h6-10H,3-5H2,1-2H3,(H,17,18,19). The van der Waals surface area contributed by atoms with Crippen LogP contribution >= 0.6 is 11.3 Å². The van der Waals surface area contributed by atoms with Crippen molar-refractivity contribution in [3.05, 3.63) is 23.6 Å². The van der Waals surface area contributed by atoms with Gasteiger partial charge in [0.15, 0.2) is 16.6 Å². The van der Waals surface area contributed by atoms with Crippen molar-refractivity contribution in [1.29, 1.82) is 0 Å². The van der Waals surface area contributed by atoms with Gasteiger partial charge in [0.2, 0.25) is 5.91 Å². The molecule has 1 aliphatic carbocycles. The predicted molar refractivity (Wildman–Crippen MR) is 86.6 cm³/mol. The van der Waals surface area contributed by atoms with E-state index in [9.17, 15) is 4.79 Å². The van der Waals surface area contributed by atoms with Crippen LogP contribution in [0.1, 0.15) is 19.3 Å². The van der Waals surface area contributed by atoms with Crippen molar-refractivity contribution in [2.75, 3.05) is 19.5 Å². The number of carbonyl (C=O) groups excluding carboxylic acids is 1. The smallest absolute Gasteiger partial charge is 0.229 e. The van der Waals surface area contributed by atoms with Gasteiger partial charge in [-0.25, -0.2) is 4.98 Å². The van der Waals surface area contributed by atoms with E-state index in [-0.39, 0.29) is 11.8 Å². The molecule has 1 aliphatic rings. The monoisotopic (exact) mass is 318 g/mol. The highest BCUT2D eigenvalue weighted by molar-refractivity contribution is 7.14. The zero-order chi connectivity index (χ0) is 15.5. The highest BCUT2D eigenvalue weighted by Gasteiger charge is 2.25.